The first-order valence-electron chi connectivity index (χ1n) is 7.33. The molecule has 4 heteroatoms. The lowest BCUT2D eigenvalue weighted by Crippen LogP contribution is -2.26. The molecule has 23 heavy (non-hydrogen) atoms. The molecule has 0 aliphatic heterocycles. The van der Waals surface area contributed by atoms with Gasteiger partial charge in [-0.1, -0.05) is 36.4 Å². The van der Waals surface area contributed by atoms with E-state index in [9.17, 15) is 4.79 Å². The Morgan fingerprint density at radius 3 is 2.35 bits per heavy atom. The lowest BCUT2D eigenvalue weighted by Gasteiger charge is -2.16. The van der Waals surface area contributed by atoms with Crippen molar-refractivity contribution in [2.75, 3.05) is 11.9 Å². The highest BCUT2D eigenvalue weighted by Gasteiger charge is 2.20. The molecule has 116 valence electrons. The van der Waals surface area contributed by atoms with E-state index in [-0.39, 0.29) is 12.5 Å². The average molecular weight is 307 g/mol. The number of carbonyl (C=O) groups is 1. The van der Waals surface area contributed by atoms with Gasteiger partial charge < -0.3 is 14.1 Å². The Morgan fingerprint density at radius 2 is 1.65 bits per heavy atom. The Kier molecular flexibility index (Phi) is 4.43. The Labute approximate surface area is 134 Å². The van der Waals surface area contributed by atoms with Gasteiger partial charge in [0.15, 0.2) is 5.76 Å². The number of hydrogen-bond acceptors (Lipinski definition) is 3. The molecular weight excluding hydrogens is 290 g/mol. The molecule has 1 aromatic heterocycles. The van der Waals surface area contributed by atoms with Crippen molar-refractivity contribution in [3.63, 3.8) is 0 Å². The number of carbonyl (C=O) groups excluding carboxylic acids is 1. The number of hydrogen-bond donors (Lipinski definition) is 0. The van der Waals surface area contributed by atoms with Crippen molar-refractivity contribution in [2.24, 2.45) is 0 Å². The Morgan fingerprint density at radius 1 is 1.00 bits per heavy atom. The summed E-state index contributed by atoms with van der Waals surface area (Å²) in [6.45, 7) is 0.282. The highest BCUT2D eigenvalue weighted by atomic mass is 16.5. The molecular formula is C19H17NO3. The topological polar surface area (TPSA) is 42.7 Å². The van der Waals surface area contributed by atoms with Crippen molar-refractivity contribution in [1.29, 1.82) is 0 Å². The average Bonchev–Trinajstić information content (AvgIpc) is 3.09. The minimum absolute atomic E-state index is 0.201. The van der Waals surface area contributed by atoms with Crippen LogP contribution in [-0.4, -0.2) is 13.0 Å². The fourth-order valence-corrected chi connectivity index (χ4v) is 2.24. The number of rotatable bonds is 5. The number of amides is 1. The summed E-state index contributed by atoms with van der Waals surface area (Å²) in [5.41, 5.74) is 1.53. The van der Waals surface area contributed by atoms with Crippen LogP contribution in [0.5, 0.6) is 5.75 Å². The van der Waals surface area contributed by atoms with Crippen LogP contribution in [0.1, 0.15) is 16.1 Å². The molecule has 0 saturated carbocycles. The third-order valence-electron chi connectivity index (χ3n) is 3.53. The maximum atomic E-state index is 12.6. The van der Waals surface area contributed by atoms with Gasteiger partial charge in [0.2, 0.25) is 0 Å². The van der Waals surface area contributed by atoms with E-state index in [1.807, 2.05) is 60.7 Å². The van der Waals surface area contributed by atoms with Crippen LogP contribution in [0.2, 0.25) is 0 Å². The summed E-state index contributed by atoms with van der Waals surface area (Å²) in [7, 11) is 1.72. The number of para-hydroxylation sites is 2. The van der Waals surface area contributed by atoms with Crippen LogP contribution >= 0.6 is 0 Å². The molecule has 0 atom stereocenters. The Hall–Kier alpha value is -3.01. The molecule has 0 aliphatic carbocycles. The fourth-order valence-electron chi connectivity index (χ4n) is 2.24. The van der Waals surface area contributed by atoms with Crippen LogP contribution in [0, 0.1) is 0 Å². The fraction of sp³-hybridized carbons (Fsp3) is 0.105. The van der Waals surface area contributed by atoms with Gasteiger partial charge in [-0.3, -0.25) is 4.79 Å². The van der Waals surface area contributed by atoms with Gasteiger partial charge in [-0.2, -0.15) is 0 Å². The molecule has 4 nitrogen and oxygen atoms in total. The van der Waals surface area contributed by atoms with Gasteiger partial charge in [-0.15, -0.1) is 0 Å². The molecule has 3 aromatic rings. The van der Waals surface area contributed by atoms with Crippen LogP contribution in [0.15, 0.2) is 77.4 Å². The molecule has 3 rings (SSSR count). The van der Waals surface area contributed by atoms with Gasteiger partial charge in [0.1, 0.15) is 12.4 Å². The van der Waals surface area contributed by atoms with Gasteiger partial charge >= 0.3 is 0 Å². The van der Waals surface area contributed by atoms with Crippen LogP contribution in [-0.2, 0) is 6.61 Å². The number of ether oxygens (including phenoxy) is 1. The zero-order chi connectivity index (χ0) is 16.1. The molecule has 0 N–H and O–H groups in total. The summed E-state index contributed by atoms with van der Waals surface area (Å²) in [5.74, 6) is 0.851. The predicted octanol–water partition coefficient (Wildman–Crippen LogP) is 4.14. The van der Waals surface area contributed by atoms with Crippen molar-refractivity contribution in [3.8, 4) is 5.75 Å². The molecule has 0 spiro atoms. The molecule has 0 aliphatic rings. The number of anilines is 1. The maximum absolute atomic E-state index is 12.6. The lowest BCUT2D eigenvalue weighted by molar-refractivity contribution is 0.0963. The van der Waals surface area contributed by atoms with Crippen molar-refractivity contribution < 1.29 is 13.9 Å². The molecule has 0 unspecified atom stereocenters. The molecule has 0 bridgehead atoms. The standard InChI is InChI=1S/C19H17NO3/c1-20(16-8-4-2-5-9-16)19(21)18-15(12-13-22-18)14-23-17-10-6-3-7-11-17/h2-13H,14H2,1H3. The zero-order valence-corrected chi connectivity index (χ0v) is 12.8. The van der Waals surface area contributed by atoms with Gasteiger partial charge in [0.05, 0.1) is 6.26 Å². The monoisotopic (exact) mass is 307 g/mol. The first kappa shape index (κ1) is 14.9. The first-order chi connectivity index (χ1) is 11.3. The lowest BCUT2D eigenvalue weighted by atomic mass is 10.2. The maximum Gasteiger partial charge on any atom is 0.294 e. The SMILES string of the molecule is CN(C(=O)c1occc1COc1ccccc1)c1ccccc1. The highest BCUT2D eigenvalue weighted by Crippen LogP contribution is 2.20. The van der Waals surface area contributed by atoms with E-state index in [2.05, 4.69) is 0 Å². The molecule has 0 radical (unpaired) electrons. The minimum atomic E-state index is -0.201. The molecule has 0 saturated heterocycles. The van der Waals surface area contributed by atoms with Gasteiger partial charge in [-0.05, 0) is 30.3 Å². The van der Waals surface area contributed by atoms with Crippen molar-refractivity contribution in [1.82, 2.24) is 0 Å². The van der Waals surface area contributed by atoms with Crippen molar-refractivity contribution in [3.05, 3.63) is 84.3 Å². The number of furan rings is 1. The van der Waals surface area contributed by atoms with Crippen LogP contribution in [0.3, 0.4) is 0 Å². The van der Waals surface area contributed by atoms with E-state index in [4.69, 9.17) is 9.15 Å². The highest BCUT2D eigenvalue weighted by molar-refractivity contribution is 6.04. The van der Waals surface area contributed by atoms with Gasteiger partial charge in [0.25, 0.3) is 5.91 Å². The van der Waals surface area contributed by atoms with E-state index < -0.39 is 0 Å². The summed E-state index contributed by atoms with van der Waals surface area (Å²) in [4.78, 5) is 14.2. The van der Waals surface area contributed by atoms with Crippen LogP contribution in [0.25, 0.3) is 0 Å². The van der Waals surface area contributed by atoms with Gasteiger partial charge in [0, 0.05) is 18.3 Å². The summed E-state index contributed by atoms with van der Waals surface area (Å²) >= 11 is 0. The van der Waals surface area contributed by atoms with E-state index in [1.165, 1.54) is 6.26 Å². The van der Waals surface area contributed by atoms with Crippen molar-refractivity contribution >= 4 is 11.6 Å². The molecule has 1 heterocycles. The number of nitrogens with zero attached hydrogens (tertiary/aromatic N) is 1. The van der Waals surface area contributed by atoms with E-state index in [0.717, 1.165) is 17.0 Å². The predicted molar refractivity (Wildman–Crippen MR) is 88.7 cm³/mol. The molecule has 2 aromatic carbocycles. The molecule has 1 amide bonds. The number of benzene rings is 2. The zero-order valence-electron chi connectivity index (χ0n) is 12.8. The smallest absolute Gasteiger partial charge is 0.294 e. The summed E-state index contributed by atoms with van der Waals surface area (Å²) < 4.78 is 11.1. The van der Waals surface area contributed by atoms with Crippen LogP contribution in [0.4, 0.5) is 5.69 Å². The third-order valence-corrected chi connectivity index (χ3v) is 3.53. The van der Waals surface area contributed by atoms with E-state index >= 15 is 0 Å². The second-order valence-electron chi connectivity index (χ2n) is 5.08. The minimum Gasteiger partial charge on any atom is -0.489 e. The normalized spacial score (nSPS) is 10.3. The van der Waals surface area contributed by atoms with Crippen molar-refractivity contribution in [2.45, 2.75) is 6.61 Å². The largest absolute Gasteiger partial charge is 0.489 e. The summed E-state index contributed by atoms with van der Waals surface area (Å²) in [6, 6.07) is 20.7. The quantitative estimate of drug-likeness (QED) is 0.711. The van der Waals surface area contributed by atoms with Gasteiger partial charge in [-0.25, -0.2) is 0 Å². The Balaban J connectivity index is 1.74. The third kappa shape index (κ3) is 3.43. The molecule has 0 fully saturated rings. The second-order valence-corrected chi connectivity index (χ2v) is 5.08. The second kappa shape index (κ2) is 6.83. The van der Waals surface area contributed by atoms with Crippen LogP contribution < -0.4 is 9.64 Å². The Bertz CT molecular complexity index is 766. The summed E-state index contributed by atoms with van der Waals surface area (Å²) in [5, 5.41) is 0. The first-order valence-corrected chi connectivity index (χ1v) is 7.33. The summed E-state index contributed by atoms with van der Waals surface area (Å²) in [6.07, 6.45) is 1.51. The van der Waals surface area contributed by atoms with E-state index in [1.54, 1.807) is 18.0 Å². The van der Waals surface area contributed by atoms with E-state index in [0.29, 0.717) is 5.76 Å².